The van der Waals surface area contributed by atoms with E-state index in [4.69, 9.17) is 4.74 Å². The van der Waals surface area contributed by atoms with Gasteiger partial charge in [0.1, 0.15) is 5.75 Å². The molecular formula is C24H23N3O4. The molecule has 0 bridgehead atoms. The van der Waals surface area contributed by atoms with Crippen LogP contribution in [0.4, 0.5) is 5.69 Å². The van der Waals surface area contributed by atoms with Crippen LogP contribution < -0.4 is 20.9 Å². The third-order valence-corrected chi connectivity index (χ3v) is 4.41. The van der Waals surface area contributed by atoms with E-state index in [2.05, 4.69) is 16.2 Å². The second-order valence-electron chi connectivity index (χ2n) is 6.92. The third-order valence-electron chi connectivity index (χ3n) is 4.41. The van der Waals surface area contributed by atoms with Crippen LogP contribution in [0.15, 0.2) is 78.9 Å². The van der Waals surface area contributed by atoms with Crippen molar-refractivity contribution in [3.8, 4) is 5.75 Å². The van der Waals surface area contributed by atoms with E-state index in [0.29, 0.717) is 22.6 Å². The molecule has 0 aromatic heterocycles. The second kappa shape index (κ2) is 10.1. The van der Waals surface area contributed by atoms with Crippen LogP contribution in [0, 0.1) is 6.92 Å². The van der Waals surface area contributed by atoms with E-state index in [0.717, 1.165) is 5.56 Å². The molecule has 0 fully saturated rings. The van der Waals surface area contributed by atoms with Crippen LogP contribution in [0.1, 0.15) is 33.2 Å². The molecule has 0 radical (unpaired) electrons. The summed E-state index contributed by atoms with van der Waals surface area (Å²) in [4.78, 5) is 36.7. The van der Waals surface area contributed by atoms with Crippen molar-refractivity contribution >= 4 is 23.4 Å². The standard InChI is InChI=1S/C24H23N3O4/c1-16-7-6-8-19(15-16)23(29)25-20-13-11-18(12-14-20)24(30)27-26-22(28)17(2)31-21-9-4-3-5-10-21/h3-15,17H,1-2H3,(H,25,29)(H,26,28)(H,27,30). The zero-order valence-electron chi connectivity index (χ0n) is 17.2. The van der Waals surface area contributed by atoms with Gasteiger partial charge in [-0.3, -0.25) is 25.2 Å². The zero-order chi connectivity index (χ0) is 22.2. The number of aryl methyl sites for hydroxylation is 1. The Morgan fingerprint density at radius 2 is 1.48 bits per heavy atom. The Labute approximate surface area is 180 Å². The molecule has 1 unspecified atom stereocenters. The maximum Gasteiger partial charge on any atom is 0.279 e. The van der Waals surface area contributed by atoms with Crippen LogP contribution in [-0.2, 0) is 4.79 Å². The van der Waals surface area contributed by atoms with Crippen molar-refractivity contribution in [3.05, 3.63) is 95.6 Å². The fourth-order valence-electron chi connectivity index (χ4n) is 2.74. The summed E-state index contributed by atoms with van der Waals surface area (Å²) < 4.78 is 5.51. The topological polar surface area (TPSA) is 96.5 Å². The molecule has 0 aliphatic heterocycles. The third kappa shape index (κ3) is 6.17. The van der Waals surface area contributed by atoms with Gasteiger partial charge in [-0.1, -0.05) is 35.9 Å². The fourth-order valence-corrected chi connectivity index (χ4v) is 2.74. The Kier molecular flexibility index (Phi) is 7.01. The Bertz CT molecular complexity index is 1070. The van der Waals surface area contributed by atoms with Gasteiger partial charge in [-0.05, 0) is 62.4 Å². The van der Waals surface area contributed by atoms with Gasteiger partial charge in [-0.15, -0.1) is 0 Å². The predicted molar refractivity (Wildman–Crippen MR) is 118 cm³/mol. The molecule has 3 N–H and O–H groups in total. The first kappa shape index (κ1) is 21.6. The highest BCUT2D eigenvalue weighted by molar-refractivity contribution is 6.04. The molecule has 158 valence electrons. The lowest BCUT2D eigenvalue weighted by molar-refractivity contribution is -0.128. The van der Waals surface area contributed by atoms with Crippen molar-refractivity contribution in [2.24, 2.45) is 0 Å². The average Bonchev–Trinajstić information content (AvgIpc) is 2.78. The van der Waals surface area contributed by atoms with Crippen LogP contribution in [0.5, 0.6) is 5.75 Å². The lowest BCUT2D eigenvalue weighted by Gasteiger charge is -2.15. The number of carbonyl (C=O) groups is 3. The maximum atomic E-state index is 12.3. The highest BCUT2D eigenvalue weighted by atomic mass is 16.5. The summed E-state index contributed by atoms with van der Waals surface area (Å²) in [5.41, 5.74) is 7.11. The lowest BCUT2D eigenvalue weighted by Crippen LogP contribution is -2.47. The number of benzene rings is 3. The van der Waals surface area contributed by atoms with Gasteiger partial charge in [-0.25, -0.2) is 0 Å². The second-order valence-corrected chi connectivity index (χ2v) is 6.92. The largest absolute Gasteiger partial charge is 0.481 e. The summed E-state index contributed by atoms with van der Waals surface area (Å²) in [6.07, 6.45) is -0.790. The summed E-state index contributed by atoms with van der Waals surface area (Å²) in [5.74, 6) is -0.656. The number of para-hydroxylation sites is 1. The Morgan fingerprint density at radius 3 is 2.16 bits per heavy atom. The van der Waals surface area contributed by atoms with Crippen LogP contribution >= 0.6 is 0 Å². The number of ether oxygens (including phenoxy) is 1. The molecule has 0 heterocycles. The molecule has 3 aromatic carbocycles. The Balaban J connectivity index is 1.50. The molecule has 0 aliphatic carbocycles. The number of nitrogens with one attached hydrogen (secondary N) is 3. The number of hydrogen-bond donors (Lipinski definition) is 3. The van der Waals surface area contributed by atoms with Gasteiger partial charge >= 0.3 is 0 Å². The van der Waals surface area contributed by atoms with Gasteiger partial charge < -0.3 is 10.1 Å². The minimum Gasteiger partial charge on any atom is -0.481 e. The van der Waals surface area contributed by atoms with Crippen molar-refractivity contribution in [2.45, 2.75) is 20.0 Å². The van der Waals surface area contributed by atoms with E-state index in [9.17, 15) is 14.4 Å². The van der Waals surface area contributed by atoms with Gasteiger partial charge in [0.15, 0.2) is 6.10 Å². The molecule has 7 heteroatoms. The van der Waals surface area contributed by atoms with E-state index in [-0.39, 0.29) is 5.91 Å². The SMILES string of the molecule is Cc1cccc(C(=O)Nc2ccc(C(=O)NNC(=O)C(C)Oc3ccccc3)cc2)c1. The first-order chi connectivity index (χ1) is 14.9. The quantitative estimate of drug-likeness (QED) is 0.535. The molecule has 0 aliphatic rings. The van der Waals surface area contributed by atoms with Crippen molar-refractivity contribution in [2.75, 3.05) is 5.32 Å². The van der Waals surface area contributed by atoms with Crippen LogP contribution in [0.25, 0.3) is 0 Å². The number of hydrazine groups is 1. The number of rotatable bonds is 6. The first-order valence-corrected chi connectivity index (χ1v) is 9.72. The first-order valence-electron chi connectivity index (χ1n) is 9.72. The van der Waals surface area contributed by atoms with Crippen molar-refractivity contribution in [1.82, 2.24) is 10.9 Å². The Hall–Kier alpha value is -4.13. The molecule has 31 heavy (non-hydrogen) atoms. The van der Waals surface area contributed by atoms with Crippen LogP contribution in [0.3, 0.4) is 0 Å². The fraction of sp³-hybridized carbons (Fsp3) is 0.125. The van der Waals surface area contributed by atoms with E-state index < -0.39 is 17.9 Å². The Morgan fingerprint density at radius 1 is 0.774 bits per heavy atom. The van der Waals surface area contributed by atoms with Crippen LogP contribution in [-0.4, -0.2) is 23.8 Å². The minimum atomic E-state index is -0.790. The highest BCUT2D eigenvalue weighted by Gasteiger charge is 2.16. The molecular weight excluding hydrogens is 394 g/mol. The number of carbonyl (C=O) groups excluding carboxylic acids is 3. The monoisotopic (exact) mass is 417 g/mol. The average molecular weight is 417 g/mol. The van der Waals surface area contributed by atoms with Gasteiger partial charge in [0, 0.05) is 16.8 Å². The molecule has 1 atom stereocenters. The molecule has 0 saturated carbocycles. The normalized spacial score (nSPS) is 11.2. The molecule has 3 aromatic rings. The molecule has 0 saturated heterocycles. The van der Waals surface area contributed by atoms with E-state index in [1.807, 2.05) is 25.1 Å². The van der Waals surface area contributed by atoms with E-state index in [1.54, 1.807) is 67.6 Å². The number of hydrogen-bond acceptors (Lipinski definition) is 4. The van der Waals surface area contributed by atoms with Gasteiger partial charge in [0.05, 0.1) is 0 Å². The van der Waals surface area contributed by atoms with Gasteiger partial charge in [-0.2, -0.15) is 0 Å². The minimum absolute atomic E-state index is 0.236. The number of amides is 3. The summed E-state index contributed by atoms with van der Waals surface area (Å²) in [6.45, 7) is 3.50. The van der Waals surface area contributed by atoms with Crippen LogP contribution in [0.2, 0.25) is 0 Å². The summed E-state index contributed by atoms with van der Waals surface area (Å²) in [7, 11) is 0. The van der Waals surface area contributed by atoms with Crippen molar-refractivity contribution in [3.63, 3.8) is 0 Å². The van der Waals surface area contributed by atoms with E-state index in [1.165, 1.54) is 0 Å². The zero-order valence-corrected chi connectivity index (χ0v) is 17.2. The van der Waals surface area contributed by atoms with E-state index >= 15 is 0 Å². The van der Waals surface area contributed by atoms with Gasteiger partial charge in [0.25, 0.3) is 17.7 Å². The maximum absolute atomic E-state index is 12.3. The smallest absolute Gasteiger partial charge is 0.279 e. The molecule has 3 amide bonds. The highest BCUT2D eigenvalue weighted by Crippen LogP contribution is 2.13. The molecule has 7 nitrogen and oxygen atoms in total. The van der Waals surface area contributed by atoms with Crippen molar-refractivity contribution < 1.29 is 19.1 Å². The molecule has 3 rings (SSSR count). The summed E-state index contributed by atoms with van der Waals surface area (Å²) >= 11 is 0. The predicted octanol–water partition coefficient (Wildman–Crippen LogP) is 3.48. The van der Waals surface area contributed by atoms with Gasteiger partial charge in [0.2, 0.25) is 0 Å². The lowest BCUT2D eigenvalue weighted by atomic mass is 10.1. The summed E-state index contributed by atoms with van der Waals surface area (Å²) in [5, 5.41) is 2.78. The molecule has 0 spiro atoms. The summed E-state index contributed by atoms with van der Waals surface area (Å²) in [6, 6.07) is 22.5. The number of anilines is 1. The van der Waals surface area contributed by atoms with Crippen molar-refractivity contribution in [1.29, 1.82) is 0 Å².